The molecule has 1 amide bonds. The summed E-state index contributed by atoms with van der Waals surface area (Å²) in [4.78, 5) is 24.6. The van der Waals surface area contributed by atoms with Crippen molar-refractivity contribution in [1.82, 2.24) is 10.2 Å². The number of carboxylic acid groups (broad SMARTS) is 1. The zero-order valence-corrected chi connectivity index (χ0v) is 16.4. The number of nitrogens with zero attached hydrogens (tertiary/aromatic N) is 1. The highest BCUT2D eigenvalue weighted by Gasteiger charge is 2.36. The number of carboxylic acids is 1. The number of epoxide rings is 1. The Morgan fingerprint density at radius 2 is 2.04 bits per heavy atom. The van der Waals surface area contributed by atoms with Gasteiger partial charge in [0, 0.05) is 26.6 Å². The van der Waals surface area contributed by atoms with Crippen LogP contribution in [0.15, 0.2) is 12.2 Å². The van der Waals surface area contributed by atoms with Crippen molar-refractivity contribution in [2.24, 2.45) is 11.8 Å². The van der Waals surface area contributed by atoms with Crippen LogP contribution in [-0.2, 0) is 14.3 Å². The molecule has 0 saturated carbocycles. The number of allylic oxidation sites excluding steroid dienone is 1. The van der Waals surface area contributed by atoms with E-state index in [1.807, 2.05) is 13.0 Å². The van der Waals surface area contributed by atoms with Crippen LogP contribution < -0.4 is 5.32 Å². The van der Waals surface area contributed by atoms with Crippen LogP contribution in [0.1, 0.15) is 40.0 Å². The highest BCUT2D eigenvalue weighted by molar-refractivity contribution is 5.85. The number of hydrogen-bond donors (Lipinski definition) is 2. The van der Waals surface area contributed by atoms with Crippen molar-refractivity contribution >= 4 is 24.3 Å². The molecule has 6 nitrogen and oxygen atoms in total. The molecule has 0 aromatic rings. The van der Waals surface area contributed by atoms with Crippen LogP contribution in [0.3, 0.4) is 0 Å². The van der Waals surface area contributed by atoms with Crippen molar-refractivity contribution in [3.05, 3.63) is 12.2 Å². The summed E-state index contributed by atoms with van der Waals surface area (Å²) in [5.74, 6) is -0.139. The summed E-state index contributed by atoms with van der Waals surface area (Å²) in [6, 6.07) is -0.400. The van der Waals surface area contributed by atoms with E-state index in [1.54, 1.807) is 0 Å². The first-order valence-electron chi connectivity index (χ1n) is 8.89. The molecule has 2 saturated heterocycles. The second-order valence-corrected chi connectivity index (χ2v) is 6.53. The fourth-order valence-corrected chi connectivity index (χ4v) is 3.10. The topological polar surface area (TPSA) is 82.2 Å². The monoisotopic (exact) mass is 376 g/mol. The molecule has 0 spiro atoms. The zero-order valence-electron chi connectivity index (χ0n) is 15.6. The van der Waals surface area contributed by atoms with E-state index in [1.165, 1.54) is 6.92 Å². The van der Waals surface area contributed by atoms with E-state index in [4.69, 9.17) is 0 Å². The van der Waals surface area contributed by atoms with Gasteiger partial charge in [-0.1, -0.05) is 25.5 Å². The lowest BCUT2D eigenvalue weighted by Gasteiger charge is -2.26. The van der Waals surface area contributed by atoms with Gasteiger partial charge < -0.3 is 15.2 Å². The second-order valence-electron chi connectivity index (χ2n) is 6.53. The van der Waals surface area contributed by atoms with E-state index < -0.39 is 12.0 Å². The molecule has 146 valence electrons. The number of halogens is 1. The summed E-state index contributed by atoms with van der Waals surface area (Å²) in [5, 5.41) is 12.3. The van der Waals surface area contributed by atoms with Crippen LogP contribution in [0, 0.1) is 11.8 Å². The maximum atomic E-state index is 11.4. The van der Waals surface area contributed by atoms with Crippen molar-refractivity contribution in [3.63, 3.8) is 0 Å². The third kappa shape index (κ3) is 10.5. The number of amides is 1. The smallest absolute Gasteiger partial charge is 0.320 e. The van der Waals surface area contributed by atoms with Crippen molar-refractivity contribution in [3.8, 4) is 0 Å². The summed E-state index contributed by atoms with van der Waals surface area (Å²) in [7, 11) is 0. The largest absolute Gasteiger partial charge is 0.480 e. The fraction of sp³-hybridized carbons (Fsp3) is 0.778. The van der Waals surface area contributed by atoms with Crippen LogP contribution >= 0.6 is 12.4 Å². The maximum absolute atomic E-state index is 11.4. The molecule has 0 bridgehead atoms. The summed E-state index contributed by atoms with van der Waals surface area (Å²) in [6.45, 7) is 9.75. The highest BCUT2D eigenvalue weighted by Crippen LogP contribution is 2.26. The first-order chi connectivity index (χ1) is 11.5. The number of nitrogens with one attached hydrogen (secondary N) is 1. The van der Waals surface area contributed by atoms with Gasteiger partial charge in [0.15, 0.2) is 0 Å². The Kier molecular flexibility index (Phi) is 12.6. The minimum absolute atomic E-state index is 0. The predicted molar refractivity (Wildman–Crippen MR) is 101 cm³/mol. The third-order valence-corrected chi connectivity index (χ3v) is 4.22. The lowest BCUT2D eigenvalue weighted by Crippen LogP contribution is -2.41. The molecule has 2 N–H and O–H groups in total. The molecule has 25 heavy (non-hydrogen) atoms. The van der Waals surface area contributed by atoms with Crippen LogP contribution in [-0.4, -0.2) is 60.8 Å². The average Bonchev–Trinajstić information content (AvgIpc) is 3.34. The number of carbonyl (C=O) groups excluding carboxylic acids is 1. The molecule has 2 rings (SSSR count). The van der Waals surface area contributed by atoms with Crippen LogP contribution in [0.5, 0.6) is 0 Å². The molecule has 3 atom stereocenters. The Balaban J connectivity index is 0.00000129. The first-order valence-corrected chi connectivity index (χ1v) is 8.89. The van der Waals surface area contributed by atoms with Gasteiger partial charge in [0.05, 0.1) is 13.2 Å². The molecule has 2 heterocycles. The van der Waals surface area contributed by atoms with Gasteiger partial charge in [0.1, 0.15) is 6.04 Å². The molecule has 0 aromatic carbocycles. The van der Waals surface area contributed by atoms with E-state index in [2.05, 4.69) is 28.0 Å². The van der Waals surface area contributed by atoms with Crippen LogP contribution in [0.2, 0.25) is 0 Å². The van der Waals surface area contributed by atoms with Gasteiger partial charge in [0.25, 0.3) is 0 Å². The Labute approximate surface area is 157 Å². The second kappa shape index (κ2) is 13.1. The number of likely N-dealkylation sites (tertiary alicyclic amines) is 1. The quantitative estimate of drug-likeness (QED) is 0.502. The number of hydrogen-bond acceptors (Lipinski definition) is 4. The molecule has 0 aliphatic carbocycles. The van der Waals surface area contributed by atoms with Crippen LogP contribution in [0.4, 0.5) is 0 Å². The first kappa shape index (κ1) is 23.9. The molecule has 7 heteroatoms. The van der Waals surface area contributed by atoms with Crippen molar-refractivity contribution in [2.45, 2.75) is 46.1 Å². The molecule has 0 radical (unpaired) electrons. The molecule has 2 aliphatic heterocycles. The SMILES string of the molecule is C1CO1.CC=C[C@@H]1C[C@H](C(=O)O)N(CC(CCC)CNC(C)=O)C1.Cl. The van der Waals surface area contributed by atoms with Gasteiger partial charge in [-0.05, 0) is 31.6 Å². The van der Waals surface area contributed by atoms with Gasteiger partial charge in [0.2, 0.25) is 5.91 Å². The van der Waals surface area contributed by atoms with Crippen molar-refractivity contribution in [1.29, 1.82) is 0 Å². The maximum Gasteiger partial charge on any atom is 0.320 e. The van der Waals surface area contributed by atoms with Crippen LogP contribution in [0.25, 0.3) is 0 Å². The fourth-order valence-electron chi connectivity index (χ4n) is 3.10. The number of ether oxygens (including phenoxy) is 1. The molecule has 2 aliphatic rings. The molecule has 1 unspecified atom stereocenters. The summed E-state index contributed by atoms with van der Waals surface area (Å²) < 4.78 is 4.50. The number of rotatable bonds is 8. The molecule has 2 fully saturated rings. The molecular formula is C18H33ClN2O4. The summed E-state index contributed by atoms with van der Waals surface area (Å²) in [5.41, 5.74) is 0. The summed E-state index contributed by atoms with van der Waals surface area (Å²) >= 11 is 0. The normalized spacial score (nSPS) is 23.3. The van der Waals surface area contributed by atoms with Gasteiger partial charge in [-0.25, -0.2) is 0 Å². The highest BCUT2D eigenvalue weighted by atomic mass is 35.5. The minimum atomic E-state index is -0.739. The number of carbonyl (C=O) groups is 2. The molecular weight excluding hydrogens is 344 g/mol. The van der Waals surface area contributed by atoms with Crippen molar-refractivity contribution in [2.75, 3.05) is 32.8 Å². The summed E-state index contributed by atoms with van der Waals surface area (Å²) in [6.07, 6.45) is 6.80. The van der Waals surface area contributed by atoms with E-state index in [9.17, 15) is 14.7 Å². The van der Waals surface area contributed by atoms with Gasteiger partial charge >= 0.3 is 5.97 Å². The molecule has 0 aromatic heterocycles. The third-order valence-electron chi connectivity index (χ3n) is 4.22. The lowest BCUT2D eigenvalue weighted by molar-refractivity contribution is -0.142. The van der Waals surface area contributed by atoms with E-state index in [0.717, 1.165) is 39.1 Å². The van der Waals surface area contributed by atoms with E-state index >= 15 is 0 Å². The van der Waals surface area contributed by atoms with E-state index in [-0.39, 0.29) is 18.3 Å². The lowest BCUT2D eigenvalue weighted by atomic mass is 10.0. The zero-order chi connectivity index (χ0) is 17.9. The standard InChI is InChI=1S/C16H28N2O3.C2H4O.ClH/c1-4-6-13-8-15(16(20)21)18(10-13)11-14(7-5-2)9-17-12(3)19;1-2-3-1;/h4,6,13-15H,5,7-11H2,1-3H3,(H,17,19)(H,20,21);1-2H2;1H/t13-,14?,15-;;/m1../s1. The Bertz CT molecular complexity index is 427. The van der Waals surface area contributed by atoms with Gasteiger partial charge in [-0.3, -0.25) is 14.5 Å². The predicted octanol–water partition coefficient (Wildman–Crippen LogP) is 2.33. The van der Waals surface area contributed by atoms with Gasteiger partial charge in [-0.15, -0.1) is 12.4 Å². The average molecular weight is 377 g/mol. The Morgan fingerprint density at radius 3 is 2.48 bits per heavy atom. The Hall–Kier alpha value is -1.11. The van der Waals surface area contributed by atoms with Gasteiger partial charge in [-0.2, -0.15) is 0 Å². The van der Waals surface area contributed by atoms with Crippen molar-refractivity contribution < 1.29 is 19.4 Å². The van der Waals surface area contributed by atoms with E-state index in [0.29, 0.717) is 24.8 Å². The number of aliphatic carboxylic acids is 1. The Morgan fingerprint density at radius 1 is 1.40 bits per heavy atom. The minimum Gasteiger partial charge on any atom is -0.480 e.